The molecule has 0 bridgehead atoms. The first-order chi connectivity index (χ1) is 14.1. The molecule has 0 N–H and O–H groups in total. The third-order valence-corrected chi connectivity index (χ3v) is 6.50. The van der Waals surface area contributed by atoms with Crippen molar-refractivity contribution in [3.63, 3.8) is 0 Å². The molecule has 3 rings (SSSR count). The largest absolute Gasteiger partial charge is 0.489 e. The first-order valence-corrected chi connectivity index (χ1v) is 10.9. The van der Waals surface area contributed by atoms with Crippen LogP contribution in [0.3, 0.4) is 0 Å². The minimum absolute atomic E-state index is 0.105. The lowest BCUT2D eigenvalue weighted by atomic mass is 9.60. The predicted octanol–water partition coefficient (Wildman–Crippen LogP) is 7.45. The monoisotopic (exact) mass is 386 g/mol. The Labute approximate surface area is 176 Å². The summed E-state index contributed by atoms with van der Waals surface area (Å²) in [5.41, 5.74) is 4.12. The summed E-state index contributed by atoms with van der Waals surface area (Å²) in [6, 6.07) is 30.1. The van der Waals surface area contributed by atoms with Gasteiger partial charge in [0.05, 0.1) is 0 Å². The molecule has 0 heterocycles. The molecule has 2 unspecified atom stereocenters. The normalized spacial score (nSPS) is 14.4. The van der Waals surface area contributed by atoms with E-state index < -0.39 is 0 Å². The average molecular weight is 387 g/mol. The van der Waals surface area contributed by atoms with Gasteiger partial charge in [0.25, 0.3) is 0 Å². The lowest BCUT2D eigenvalue weighted by Crippen LogP contribution is -2.41. The molecule has 0 spiro atoms. The van der Waals surface area contributed by atoms with Gasteiger partial charge in [0.1, 0.15) is 12.4 Å². The Balaban J connectivity index is 1.87. The summed E-state index contributed by atoms with van der Waals surface area (Å²) < 4.78 is 6.03. The third kappa shape index (κ3) is 4.90. The van der Waals surface area contributed by atoms with Crippen LogP contribution in [0, 0.1) is 11.8 Å². The van der Waals surface area contributed by atoms with Crippen molar-refractivity contribution in [2.24, 2.45) is 11.8 Å². The van der Waals surface area contributed by atoms with Crippen LogP contribution in [0.4, 0.5) is 0 Å². The molecule has 0 radical (unpaired) electrons. The average Bonchev–Trinajstić information content (AvgIpc) is 2.77. The molecule has 1 nitrogen and oxygen atoms in total. The van der Waals surface area contributed by atoms with Gasteiger partial charge in [-0.15, -0.1) is 0 Å². The van der Waals surface area contributed by atoms with Crippen molar-refractivity contribution in [2.75, 3.05) is 0 Å². The maximum atomic E-state index is 6.03. The Morgan fingerprint density at radius 3 is 1.79 bits per heavy atom. The summed E-state index contributed by atoms with van der Waals surface area (Å²) >= 11 is 0. The van der Waals surface area contributed by atoms with E-state index in [0.29, 0.717) is 18.4 Å². The summed E-state index contributed by atoms with van der Waals surface area (Å²) in [5, 5.41) is 0. The van der Waals surface area contributed by atoms with Crippen LogP contribution in [0.5, 0.6) is 5.75 Å². The molecule has 0 saturated heterocycles. The zero-order valence-corrected chi connectivity index (χ0v) is 18.3. The molecule has 0 saturated carbocycles. The van der Waals surface area contributed by atoms with E-state index in [1.54, 1.807) is 0 Å². The van der Waals surface area contributed by atoms with E-state index in [1.165, 1.54) is 16.7 Å². The highest BCUT2D eigenvalue weighted by Crippen LogP contribution is 2.44. The highest BCUT2D eigenvalue weighted by atomic mass is 16.5. The first-order valence-electron chi connectivity index (χ1n) is 10.9. The van der Waals surface area contributed by atoms with Crippen molar-refractivity contribution < 1.29 is 4.74 Å². The lowest BCUT2D eigenvalue weighted by Gasteiger charge is -2.44. The van der Waals surface area contributed by atoms with Crippen molar-refractivity contribution in [3.8, 4) is 5.75 Å². The quantitative estimate of drug-likeness (QED) is 0.371. The molecule has 29 heavy (non-hydrogen) atoms. The smallest absolute Gasteiger partial charge is 0.119 e. The van der Waals surface area contributed by atoms with Gasteiger partial charge in [0.15, 0.2) is 0 Å². The summed E-state index contributed by atoms with van der Waals surface area (Å²) in [7, 11) is 0. The van der Waals surface area contributed by atoms with Crippen molar-refractivity contribution >= 4 is 0 Å². The SMILES string of the molecule is CCC(C)C(Cc1ccccc1)(c1ccc(OCc2ccccc2)cc1)C(C)C. The van der Waals surface area contributed by atoms with Gasteiger partial charge in [-0.1, -0.05) is 107 Å². The van der Waals surface area contributed by atoms with Gasteiger partial charge in [-0.2, -0.15) is 0 Å². The van der Waals surface area contributed by atoms with Crippen LogP contribution in [0.15, 0.2) is 84.9 Å². The van der Waals surface area contributed by atoms with Crippen molar-refractivity contribution in [3.05, 3.63) is 102 Å². The zero-order chi connectivity index (χ0) is 20.7. The second-order valence-corrected chi connectivity index (χ2v) is 8.47. The molecule has 2 atom stereocenters. The van der Waals surface area contributed by atoms with E-state index in [-0.39, 0.29) is 5.41 Å². The molecular weight excluding hydrogens is 352 g/mol. The maximum Gasteiger partial charge on any atom is 0.119 e. The molecule has 0 aliphatic carbocycles. The van der Waals surface area contributed by atoms with Crippen LogP contribution in [-0.2, 0) is 18.4 Å². The Morgan fingerprint density at radius 2 is 1.28 bits per heavy atom. The number of rotatable bonds is 9. The second kappa shape index (κ2) is 9.78. The van der Waals surface area contributed by atoms with Gasteiger partial charge in [-0.05, 0) is 47.1 Å². The van der Waals surface area contributed by atoms with Gasteiger partial charge < -0.3 is 4.74 Å². The topological polar surface area (TPSA) is 9.23 Å². The Hall–Kier alpha value is -2.54. The molecule has 0 aromatic heterocycles. The Bertz CT molecular complexity index is 852. The van der Waals surface area contributed by atoms with E-state index in [0.717, 1.165) is 18.6 Å². The standard InChI is InChI=1S/C28H34O/c1-5-23(4)28(22(2)3,20-24-12-8-6-9-13-24)26-16-18-27(19-17-26)29-21-25-14-10-7-11-15-25/h6-19,22-23H,5,20-21H2,1-4H3. The summed E-state index contributed by atoms with van der Waals surface area (Å²) in [5.74, 6) is 2.05. The van der Waals surface area contributed by atoms with Crippen LogP contribution < -0.4 is 4.74 Å². The fourth-order valence-corrected chi connectivity index (χ4v) is 4.57. The van der Waals surface area contributed by atoms with Gasteiger partial charge in [-0.3, -0.25) is 0 Å². The predicted molar refractivity (Wildman–Crippen MR) is 123 cm³/mol. The van der Waals surface area contributed by atoms with E-state index in [4.69, 9.17) is 4.74 Å². The maximum absolute atomic E-state index is 6.03. The number of hydrogen-bond acceptors (Lipinski definition) is 1. The molecule has 0 amide bonds. The number of benzene rings is 3. The number of ether oxygens (including phenoxy) is 1. The fraction of sp³-hybridized carbons (Fsp3) is 0.357. The van der Waals surface area contributed by atoms with Crippen LogP contribution in [0.2, 0.25) is 0 Å². The Morgan fingerprint density at radius 1 is 0.724 bits per heavy atom. The minimum atomic E-state index is 0.105. The van der Waals surface area contributed by atoms with E-state index in [9.17, 15) is 0 Å². The van der Waals surface area contributed by atoms with Crippen molar-refractivity contribution in [1.82, 2.24) is 0 Å². The molecule has 3 aromatic carbocycles. The molecular formula is C28H34O. The molecule has 0 fully saturated rings. The first kappa shape index (κ1) is 21.2. The Kier molecular flexibility index (Phi) is 7.14. The van der Waals surface area contributed by atoms with Gasteiger partial charge in [0, 0.05) is 5.41 Å². The van der Waals surface area contributed by atoms with Gasteiger partial charge in [0.2, 0.25) is 0 Å². The molecule has 152 valence electrons. The molecule has 3 aromatic rings. The van der Waals surface area contributed by atoms with Crippen LogP contribution >= 0.6 is 0 Å². The van der Waals surface area contributed by atoms with Gasteiger partial charge in [-0.25, -0.2) is 0 Å². The van der Waals surface area contributed by atoms with Gasteiger partial charge >= 0.3 is 0 Å². The van der Waals surface area contributed by atoms with Crippen LogP contribution in [0.25, 0.3) is 0 Å². The highest BCUT2D eigenvalue weighted by molar-refractivity contribution is 5.36. The van der Waals surface area contributed by atoms with E-state index >= 15 is 0 Å². The summed E-state index contributed by atoms with van der Waals surface area (Å²) in [4.78, 5) is 0. The van der Waals surface area contributed by atoms with Crippen LogP contribution in [0.1, 0.15) is 50.8 Å². The summed E-state index contributed by atoms with van der Waals surface area (Å²) in [6.45, 7) is 10.1. The van der Waals surface area contributed by atoms with Crippen molar-refractivity contribution in [1.29, 1.82) is 0 Å². The fourth-order valence-electron chi connectivity index (χ4n) is 4.57. The second-order valence-electron chi connectivity index (χ2n) is 8.47. The van der Waals surface area contributed by atoms with Crippen molar-refractivity contribution in [2.45, 2.75) is 52.6 Å². The van der Waals surface area contributed by atoms with Crippen LogP contribution in [-0.4, -0.2) is 0 Å². The minimum Gasteiger partial charge on any atom is -0.489 e. The zero-order valence-electron chi connectivity index (χ0n) is 18.3. The van der Waals surface area contributed by atoms with E-state index in [2.05, 4.69) is 107 Å². The molecule has 1 heteroatoms. The number of hydrogen-bond donors (Lipinski definition) is 0. The molecule has 0 aliphatic rings. The lowest BCUT2D eigenvalue weighted by molar-refractivity contribution is 0.196. The molecule has 0 aliphatic heterocycles. The third-order valence-electron chi connectivity index (χ3n) is 6.50. The summed E-state index contributed by atoms with van der Waals surface area (Å²) in [6.07, 6.45) is 2.22. The highest BCUT2D eigenvalue weighted by Gasteiger charge is 2.40. The van der Waals surface area contributed by atoms with E-state index in [1.807, 2.05) is 6.07 Å².